The lowest BCUT2D eigenvalue weighted by Crippen LogP contribution is -2.50. The monoisotopic (exact) mass is 328 g/mol. The number of rotatable bonds is 3. The number of benzene rings is 1. The zero-order chi connectivity index (χ0) is 17.5. The van der Waals surface area contributed by atoms with Gasteiger partial charge in [0.05, 0.1) is 5.54 Å². The minimum atomic E-state index is -0.640. The topological polar surface area (TPSA) is 63.4 Å². The molecule has 1 saturated carbocycles. The van der Waals surface area contributed by atoms with E-state index in [1.54, 1.807) is 0 Å². The maximum Gasteiger partial charge on any atom is 0.242 e. The van der Waals surface area contributed by atoms with E-state index in [4.69, 9.17) is 5.73 Å². The molecule has 4 heteroatoms. The molecule has 3 rings (SSSR count). The zero-order valence-electron chi connectivity index (χ0n) is 15.0. The third-order valence-corrected chi connectivity index (χ3v) is 5.33. The molecular weight excluding hydrogens is 300 g/mol. The zero-order valence-corrected chi connectivity index (χ0v) is 15.0. The maximum atomic E-state index is 12.8. The minimum absolute atomic E-state index is 0.0306. The number of amides is 1. The number of carbonyl (C=O) groups excluding carboxylic acids is 2. The fraction of sp³-hybridized carbons (Fsp3) is 0.600. The number of Topliss-reactive ketones (excluding diaryl/α,β-unsaturated/α-hetero) is 1. The molecule has 1 aliphatic carbocycles. The van der Waals surface area contributed by atoms with E-state index in [1.807, 2.05) is 29.2 Å². The summed E-state index contributed by atoms with van der Waals surface area (Å²) >= 11 is 0. The molecular formula is C20H28N2O2. The van der Waals surface area contributed by atoms with Gasteiger partial charge in [0.1, 0.15) is 0 Å². The highest BCUT2D eigenvalue weighted by Crippen LogP contribution is 2.35. The van der Waals surface area contributed by atoms with Crippen molar-refractivity contribution >= 4 is 11.7 Å². The van der Waals surface area contributed by atoms with E-state index in [0.29, 0.717) is 6.54 Å². The van der Waals surface area contributed by atoms with E-state index in [0.717, 1.165) is 37.8 Å². The summed E-state index contributed by atoms with van der Waals surface area (Å²) < 4.78 is 0. The Balaban J connectivity index is 1.69. The summed E-state index contributed by atoms with van der Waals surface area (Å²) in [4.78, 5) is 27.1. The minimum Gasteiger partial charge on any atom is -0.340 e. The molecule has 1 aliphatic heterocycles. The quantitative estimate of drug-likeness (QED) is 0.868. The van der Waals surface area contributed by atoms with Crippen molar-refractivity contribution < 1.29 is 9.59 Å². The van der Waals surface area contributed by atoms with Crippen molar-refractivity contribution in [2.24, 2.45) is 11.7 Å². The Morgan fingerprint density at radius 1 is 1.17 bits per heavy atom. The van der Waals surface area contributed by atoms with Gasteiger partial charge in [-0.25, -0.2) is 0 Å². The van der Waals surface area contributed by atoms with Crippen LogP contribution >= 0.6 is 0 Å². The Bertz CT molecular complexity index is 639. The molecule has 130 valence electrons. The van der Waals surface area contributed by atoms with Crippen LogP contribution in [0.5, 0.6) is 0 Å². The van der Waals surface area contributed by atoms with Gasteiger partial charge in [0, 0.05) is 24.6 Å². The predicted molar refractivity (Wildman–Crippen MR) is 94.9 cm³/mol. The molecule has 24 heavy (non-hydrogen) atoms. The number of nitrogens with two attached hydrogens (primary N) is 1. The first kappa shape index (κ1) is 17.2. The second kappa shape index (κ2) is 5.99. The van der Waals surface area contributed by atoms with Gasteiger partial charge in [-0.2, -0.15) is 0 Å². The third kappa shape index (κ3) is 3.39. The molecule has 2 N–H and O–H groups in total. The Hall–Kier alpha value is -1.68. The highest BCUT2D eigenvalue weighted by atomic mass is 16.2. The van der Waals surface area contributed by atoms with Crippen molar-refractivity contribution in [3.63, 3.8) is 0 Å². The second-order valence-corrected chi connectivity index (χ2v) is 8.44. The maximum absolute atomic E-state index is 12.8. The predicted octanol–water partition coefficient (Wildman–Crippen LogP) is 2.90. The van der Waals surface area contributed by atoms with Crippen molar-refractivity contribution in [2.75, 3.05) is 13.1 Å². The fourth-order valence-electron chi connectivity index (χ4n) is 3.41. The molecule has 1 aromatic carbocycles. The molecule has 0 spiro atoms. The van der Waals surface area contributed by atoms with Crippen LogP contribution in [0.15, 0.2) is 24.3 Å². The van der Waals surface area contributed by atoms with Crippen molar-refractivity contribution in [2.45, 2.75) is 57.4 Å². The van der Waals surface area contributed by atoms with Crippen LogP contribution in [-0.4, -0.2) is 35.2 Å². The lowest BCUT2D eigenvalue weighted by molar-refractivity contribution is -0.135. The van der Waals surface area contributed by atoms with E-state index in [1.165, 1.54) is 5.56 Å². The smallest absolute Gasteiger partial charge is 0.242 e. The lowest BCUT2D eigenvalue weighted by atomic mass is 9.85. The molecule has 2 aliphatic rings. The van der Waals surface area contributed by atoms with Gasteiger partial charge in [0.15, 0.2) is 5.78 Å². The molecule has 1 aromatic rings. The van der Waals surface area contributed by atoms with Gasteiger partial charge < -0.3 is 10.6 Å². The van der Waals surface area contributed by atoms with Crippen LogP contribution in [0.4, 0.5) is 0 Å². The number of hydrogen-bond donors (Lipinski definition) is 1. The summed E-state index contributed by atoms with van der Waals surface area (Å²) in [5, 5.41) is 0. The summed E-state index contributed by atoms with van der Waals surface area (Å²) in [6, 6.07) is 7.93. The van der Waals surface area contributed by atoms with Crippen molar-refractivity contribution in [3.8, 4) is 0 Å². The van der Waals surface area contributed by atoms with Crippen LogP contribution in [0, 0.1) is 5.92 Å². The lowest BCUT2D eigenvalue weighted by Gasteiger charge is -2.33. The third-order valence-electron chi connectivity index (χ3n) is 5.33. The summed E-state index contributed by atoms with van der Waals surface area (Å²) in [6.07, 6.45) is 3.27. The number of nitrogens with zero attached hydrogens (tertiary/aromatic N) is 1. The molecule has 0 radical (unpaired) electrons. The molecule has 1 unspecified atom stereocenters. The number of likely N-dealkylation sites (tertiary alicyclic amines) is 1. The first-order valence-electron chi connectivity index (χ1n) is 8.94. The van der Waals surface area contributed by atoms with Crippen molar-refractivity contribution in [1.29, 1.82) is 0 Å². The van der Waals surface area contributed by atoms with Gasteiger partial charge >= 0.3 is 0 Å². The summed E-state index contributed by atoms with van der Waals surface area (Å²) in [5.74, 6) is 0.0726. The summed E-state index contributed by atoms with van der Waals surface area (Å²) in [6.45, 7) is 7.72. The molecule has 0 aromatic heterocycles. The van der Waals surface area contributed by atoms with E-state index in [9.17, 15) is 9.59 Å². The van der Waals surface area contributed by atoms with Crippen LogP contribution in [0.2, 0.25) is 0 Å². The fourth-order valence-corrected chi connectivity index (χ4v) is 3.41. The standard InChI is InChI=1S/C20H28N2O2/c1-19(2,3)16-8-6-14(7-9-16)17(23)15-5-4-12-22(13-15)18(24)20(21)10-11-20/h6-9,15H,4-5,10-13,21H2,1-3H3. The normalized spacial score (nSPS) is 23.0. The number of piperidine rings is 1. The summed E-state index contributed by atoms with van der Waals surface area (Å²) in [7, 11) is 0. The van der Waals surface area contributed by atoms with Crippen LogP contribution in [0.25, 0.3) is 0 Å². The van der Waals surface area contributed by atoms with Gasteiger partial charge in [0.2, 0.25) is 5.91 Å². The van der Waals surface area contributed by atoms with Crippen LogP contribution < -0.4 is 5.73 Å². The number of ketones is 1. The highest BCUT2D eigenvalue weighted by molar-refractivity contribution is 5.98. The average molecular weight is 328 g/mol. The highest BCUT2D eigenvalue weighted by Gasteiger charge is 2.49. The van der Waals surface area contributed by atoms with Crippen LogP contribution in [0.3, 0.4) is 0 Å². The molecule has 4 nitrogen and oxygen atoms in total. The van der Waals surface area contributed by atoms with Crippen molar-refractivity contribution in [1.82, 2.24) is 4.90 Å². The van der Waals surface area contributed by atoms with Crippen LogP contribution in [-0.2, 0) is 10.2 Å². The first-order chi connectivity index (χ1) is 11.2. The molecule has 0 bridgehead atoms. The molecule has 2 fully saturated rings. The molecule has 1 heterocycles. The van der Waals surface area contributed by atoms with Crippen LogP contribution in [0.1, 0.15) is 62.4 Å². The van der Waals surface area contributed by atoms with E-state index in [2.05, 4.69) is 20.8 Å². The van der Waals surface area contributed by atoms with Crippen molar-refractivity contribution in [3.05, 3.63) is 35.4 Å². The molecule has 1 atom stereocenters. The Kier molecular flexibility index (Phi) is 4.28. The van der Waals surface area contributed by atoms with Gasteiger partial charge in [-0.05, 0) is 36.7 Å². The van der Waals surface area contributed by atoms with E-state index >= 15 is 0 Å². The average Bonchev–Trinajstić information content (AvgIpc) is 3.32. The van der Waals surface area contributed by atoms with E-state index < -0.39 is 5.54 Å². The van der Waals surface area contributed by atoms with Gasteiger partial charge in [0.25, 0.3) is 0 Å². The second-order valence-electron chi connectivity index (χ2n) is 8.44. The van der Waals surface area contributed by atoms with Gasteiger partial charge in [-0.15, -0.1) is 0 Å². The summed E-state index contributed by atoms with van der Waals surface area (Å²) in [5.41, 5.74) is 7.44. The molecule has 1 amide bonds. The number of hydrogen-bond acceptors (Lipinski definition) is 3. The number of carbonyl (C=O) groups is 2. The SMILES string of the molecule is CC(C)(C)c1ccc(C(=O)C2CCCN(C(=O)C3(N)CC3)C2)cc1. The van der Waals surface area contributed by atoms with E-state index in [-0.39, 0.29) is 23.0 Å². The Morgan fingerprint density at radius 2 is 1.79 bits per heavy atom. The Labute approximate surface area is 144 Å². The Morgan fingerprint density at radius 3 is 2.33 bits per heavy atom. The van der Waals surface area contributed by atoms with Gasteiger partial charge in [-0.1, -0.05) is 45.0 Å². The molecule has 1 saturated heterocycles. The first-order valence-corrected chi connectivity index (χ1v) is 8.94. The largest absolute Gasteiger partial charge is 0.340 e. The van der Waals surface area contributed by atoms with Gasteiger partial charge in [-0.3, -0.25) is 9.59 Å².